The zero-order valence-corrected chi connectivity index (χ0v) is 20.8. The molecule has 0 saturated heterocycles. The molecule has 182 valence electrons. The number of nitrogens with zero attached hydrogens (tertiary/aromatic N) is 1. The maximum absolute atomic E-state index is 13.6. The maximum Gasteiger partial charge on any atom is 0.345 e. The number of esters is 1. The van der Waals surface area contributed by atoms with E-state index >= 15 is 0 Å². The second-order valence-corrected chi connectivity index (χ2v) is 10.5. The minimum atomic E-state index is -3.40. The molecule has 0 atom stereocenters. The van der Waals surface area contributed by atoms with Crippen molar-refractivity contribution in [1.29, 1.82) is 0 Å². The van der Waals surface area contributed by atoms with Gasteiger partial charge in [-0.3, -0.25) is 0 Å². The van der Waals surface area contributed by atoms with E-state index in [1.807, 2.05) is 80.6 Å². The molecule has 0 spiro atoms. The van der Waals surface area contributed by atoms with E-state index in [0.717, 1.165) is 32.9 Å². The summed E-state index contributed by atoms with van der Waals surface area (Å²) < 4.78 is 35.0. The first-order valence-electron chi connectivity index (χ1n) is 11.6. The van der Waals surface area contributed by atoms with Gasteiger partial charge in [0.2, 0.25) is 21.1 Å². The topological polar surface area (TPSA) is 102 Å². The van der Waals surface area contributed by atoms with Crippen LogP contribution < -0.4 is 19.8 Å². The predicted octanol–water partition coefficient (Wildman–Crippen LogP) is 3.38. The molecule has 0 unspecified atom stereocenters. The molecule has 1 aromatic heterocycles. The van der Waals surface area contributed by atoms with Crippen LogP contribution in [0.15, 0.2) is 66.7 Å². The van der Waals surface area contributed by atoms with Crippen LogP contribution in [0, 0.1) is 13.8 Å². The summed E-state index contributed by atoms with van der Waals surface area (Å²) in [6.07, 6.45) is 0.407. The number of nitrogens with one attached hydrogen (secondary N) is 1. The van der Waals surface area contributed by atoms with Gasteiger partial charge in [-0.15, -0.1) is 0 Å². The fraction of sp³-hybridized carbons (Fsp3) is 0.259. The minimum absolute atomic E-state index is 0.0149. The Bertz CT molecular complexity index is 1420. The van der Waals surface area contributed by atoms with Gasteiger partial charge in [0.25, 0.3) is 0 Å². The van der Waals surface area contributed by atoms with Crippen molar-refractivity contribution in [2.75, 3.05) is 18.8 Å². The van der Waals surface area contributed by atoms with Crippen molar-refractivity contribution in [3.8, 4) is 5.75 Å². The molecule has 8 heteroatoms. The van der Waals surface area contributed by atoms with Crippen molar-refractivity contribution in [1.82, 2.24) is 4.72 Å². The highest BCUT2D eigenvalue weighted by atomic mass is 32.2. The van der Waals surface area contributed by atoms with Crippen LogP contribution in [-0.2, 0) is 16.6 Å². The largest absolute Gasteiger partial charge is 0.422 e. The Kier molecular flexibility index (Phi) is 7.45. The average Bonchev–Trinajstić information content (AvgIpc) is 2.84. The van der Waals surface area contributed by atoms with Gasteiger partial charge in [-0.25, -0.2) is 17.9 Å². The number of sulfonamides is 1. The lowest BCUT2D eigenvalue weighted by Crippen LogP contribution is -2.38. The molecule has 0 saturated carbocycles. The van der Waals surface area contributed by atoms with Crippen molar-refractivity contribution >= 4 is 37.8 Å². The maximum atomic E-state index is 13.6. The van der Waals surface area contributed by atoms with Gasteiger partial charge in [0, 0.05) is 31.6 Å². The summed E-state index contributed by atoms with van der Waals surface area (Å²) in [6, 6.07) is 21.1. The summed E-state index contributed by atoms with van der Waals surface area (Å²) in [7, 11) is -3.40. The molecule has 1 heterocycles. The number of ether oxygens (including phenoxy) is 1. The normalized spacial score (nSPS) is 11.7. The van der Waals surface area contributed by atoms with Crippen LogP contribution in [0.3, 0.4) is 0 Å². The molecule has 0 aliphatic heterocycles. The van der Waals surface area contributed by atoms with Crippen molar-refractivity contribution < 1.29 is 22.5 Å². The number of pyridine rings is 1. The van der Waals surface area contributed by atoms with Crippen molar-refractivity contribution in [2.24, 2.45) is 5.73 Å². The summed E-state index contributed by atoms with van der Waals surface area (Å²) in [5.74, 6) is 0.132. The lowest BCUT2D eigenvalue weighted by molar-refractivity contribution is -0.645. The molecule has 0 radical (unpaired) electrons. The number of hydrogen-bond acceptors (Lipinski definition) is 5. The van der Waals surface area contributed by atoms with Crippen LogP contribution in [0.1, 0.15) is 27.9 Å². The number of aromatic nitrogens is 1. The molecule has 7 nitrogen and oxygen atoms in total. The summed E-state index contributed by atoms with van der Waals surface area (Å²) >= 11 is 0. The van der Waals surface area contributed by atoms with Crippen molar-refractivity contribution in [3.05, 3.63) is 83.4 Å². The van der Waals surface area contributed by atoms with E-state index in [1.54, 1.807) is 0 Å². The number of aryl methyl sites for hydroxylation is 3. The molecule has 3 aromatic carbocycles. The van der Waals surface area contributed by atoms with Crippen LogP contribution >= 0.6 is 0 Å². The molecule has 0 bridgehead atoms. The molecular weight excluding hydrogens is 462 g/mol. The van der Waals surface area contributed by atoms with Gasteiger partial charge in [0.05, 0.1) is 22.1 Å². The van der Waals surface area contributed by atoms with E-state index < -0.39 is 16.0 Å². The van der Waals surface area contributed by atoms with Gasteiger partial charge in [0.1, 0.15) is 5.75 Å². The summed E-state index contributed by atoms with van der Waals surface area (Å²) in [5.41, 5.74) is 9.37. The summed E-state index contributed by atoms with van der Waals surface area (Å²) in [6.45, 7) is 4.78. The summed E-state index contributed by atoms with van der Waals surface area (Å²) in [5, 5.41) is 1.51. The molecule has 0 fully saturated rings. The van der Waals surface area contributed by atoms with Gasteiger partial charge in [0.15, 0.2) is 6.54 Å². The van der Waals surface area contributed by atoms with Gasteiger partial charge < -0.3 is 10.5 Å². The standard InChI is InChI=1S/C27H30N3O4S/c1-19-9-7-10-20(2)26(19)34-27(31)25-21-11-3-5-13-23(21)30(24-14-6-4-12-22(24)25)17-8-18-35(32,33)29-16-15-28/h3-7,9-14,29H,8,15-18,28H2,1-2H3/q+1. The molecular formula is C27H30N3O4S+. The van der Waals surface area contributed by atoms with Crippen molar-refractivity contribution in [2.45, 2.75) is 26.8 Å². The number of nitrogens with two attached hydrogens (primary N) is 1. The lowest BCUT2D eigenvalue weighted by Gasteiger charge is -2.14. The molecule has 4 rings (SSSR count). The lowest BCUT2D eigenvalue weighted by atomic mass is 10.0. The third-order valence-electron chi connectivity index (χ3n) is 6.00. The van der Waals surface area contributed by atoms with Gasteiger partial charge in [-0.2, -0.15) is 4.57 Å². The zero-order chi connectivity index (χ0) is 25.0. The van der Waals surface area contributed by atoms with Gasteiger partial charge >= 0.3 is 5.97 Å². The first kappa shape index (κ1) is 24.8. The molecule has 35 heavy (non-hydrogen) atoms. The Morgan fingerprint density at radius 3 is 2.06 bits per heavy atom. The molecule has 0 aliphatic carbocycles. The second kappa shape index (κ2) is 10.5. The van der Waals surface area contributed by atoms with Crippen molar-refractivity contribution in [3.63, 3.8) is 0 Å². The number of fused-ring (bicyclic) bond motifs is 2. The highest BCUT2D eigenvalue weighted by Gasteiger charge is 2.26. The van der Waals surface area contributed by atoms with Crippen LogP contribution in [-0.4, -0.2) is 33.2 Å². The highest BCUT2D eigenvalue weighted by Crippen LogP contribution is 2.29. The number of rotatable bonds is 9. The van der Waals surface area contributed by atoms with Crippen LogP contribution in [0.4, 0.5) is 0 Å². The monoisotopic (exact) mass is 492 g/mol. The number of benzene rings is 3. The zero-order valence-electron chi connectivity index (χ0n) is 20.0. The van der Waals surface area contributed by atoms with Crippen LogP contribution in [0.2, 0.25) is 0 Å². The Balaban J connectivity index is 1.77. The third kappa shape index (κ3) is 5.35. The van der Waals surface area contributed by atoms with E-state index in [0.29, 0.717) is 24.3 Å². The quantitative estimate of drug-likeness (QED) is 0.161. The molecule has 0 amide bonds. The smallest absolute Gasteiger partial charge is 0.345 e. The first-order valence-corrected chi connectivity index (χ1v) is 13.3. The minimum Gasteiger partial charge on any atom is -0.422 e. The summed E-state index contributed by atoms with van der Waals surface area (Å²) in [4.78, 5) is 13.6. The van der Waals surface area contributed by atoms with E-state index in [2.05, 4.69) is 9.29 Å². The molecule has 4 aromatic rings. The number of hydrogen-bond donors (Lipinski definition) is 2. The first-order chi connectivity index (χ1) is 16.8. The number of carbonyl (C=O) groups is 1. The predicted molar refractivity (Wildman–Crippen MR) is 138 cm³/mol. The van der Waals surface area contributed by atoms with Gasteiger partial charge in [-0.05, 0) is 37.1 Å². The van der Waals surface area contributed by atoms with E-state index in [-0.39, 0.29) is 18.8 Å². The SMILES string of the molecule is Cc1cccc(C)c1OC(=O)c1c2ccccc2[n+](CCCS(=O)(=O)NCCN)c2ccccc12. The fourth-order valence-corrected chi connectivity index (χ4v) is 5.46. The number of carbonyl (C=O) groups excluding carboxylic acids is 1. The molecule has 0 aliphatic rings. The molecule has 3 N–H and O–H groups in total. The van der Waals surface area contributed by atoms with E-state index in [4.69, 9.17) is 10.5 Å². The van der Waals surface area contributed by atoms with E-state index in [9.17, 15) is 13.2 Å². The Hall–Kier alpha value is -3.33. The second-order valence-electron chi connectivity index (χ2n) is 8.53. The Morgan fingerprint density at radius 2 is 1.49 bits per heavy atom. The Morgan fingerprint density at radius 1 is 0.914 bits per heavy atom. The highest BCUT2D eigenvalue weighted by molar-refractivity contribution is 7.89. The Labute approximate surface area is 205 Å². The van der Waals surface area contributed by atoms with Crippen LogP contribution in [0.5, 0.6) is 5.75 Å². The van der Waals surface area contributed by atoms with E-state index in [1.165, 1.54) is 0 Å². The average molecular weight is 493 g/mol. The number of para-hydroxylation sites is 3. The fourth-order valence-electron chi connectivity index (χ4n) is 4.38. The van der Waals surface area contributed by atoms with Gasteiger partial charge in [-0.1, -0.05) is 42.5 Å². The van der Waals surface area contributed by atoms with Crippen LogP contribution in [0.25, 0.3) is 21.8 Å². The third-order valence-corrected chi connectivity index (χ3v) is 7.47.